The number of nitrogens with zero attached hydrogens (tertiary/aromatic N) is 2. The summed E-state index contributed by atoms with van der Waals surface area (Å²) in [6.45, 7) is 0.475. The Kier molecular flexibility index (Phi) is 5.45. The number of amides is 1. The van der Waals surface area contributed by atoms with Crippen LogP contribution in [0.3, 0.4) is 0 Å². The van der Waals surface area contributed by atoms with Crippen LogP contribution in [0.25, 0.3) is 10.6 Å². The highest BCUT2D eigenvalue weighted by atomic mass is 35.5. The van der Waals surface area contributed by atoms with Crippen LogP contribution < -0.4 is 5.32 Å². The number of aromatic nitrogens is 2. The van der Waals surface area contributed by atoms with Gasteiger partial charge >= 0.3 is 0 Å². The van der Waals surface area contributed by atoms with Crippen molar-refractivity contribution < 1.29 is 4.79 Å². The summed E-state index contributed by atoms with van der Waals surface area (Å²) >= 11 is 13.4. The van der Waals surface area contributed by atoms with Gasteiger partial charge in [0.25, 0.3) is 5.91 Å². The lowest BCUT2D eigenvalue weighted by atomic mass is 10.1. The fourth-order valence-electron chi connectivity index (χ4n) is 2.13. The number of thiazole rings is 1. The number of carbonyl (C=O) groups is 1. The van der Waals surface area contributed by atoms with E-state index in [1.54, 1.807) is 29.9 Å². The number of rotatable bonds is 5. The summed E-state index contributed by atoms with van der Waals surface area (Å²) in [5.41, 5.74) is 2.30. The van der Waals surface area contributed by atoms with Crippen molar-refractivity contribution in [3.63, 3.8) is 0 Å². The van der Waals surface area contributed by atoms with E-state index in [1.807, 2.05) is 18.2 Å². The van der Waals surface area contributed by atoms with E-state index in [4.69, 9.17) is 23.2 Å². The average Bonchev–Trinajstić information content (AvgIpc) is 3.08. The Morgan fingerprint density at radius 1 is 1.17 bits per heavy atom. The Labute approximate surface area is 153 Å². The third kappa shape index (κ3) is 4.12. The topological polar surface area (TPSA) is 54.9 Å². The first kappa shape index (κ1) is 16.9. The van der Waals surface area contributed by atoms with Gasteiger partial charge in [-0.25, -0.2) is 4.98 Å². The Morgan fingerprint density at radius 3 is 2.71 bits per heavy atom. The molecular weight excluding hydrogens is 365 g/mol. The summed E-state index contributed by atoms with van der Waals surface area (Å²) in [6, 6.07) is 9.07. The highest BCUT2D eigenvalue weighted by Gasteiger charge is 2.11. The van der Waals surface area contributed by atoms with E-state index >= 15 is 0 Å². The molecule has 2 heterocycles. The third-order valence-electron chi connectivity index (χ3n) is 3.36. The first-order chi connectivity index (χ1) is 11.6. The van der Waals surface area contributed by atoms with Gasteiger partial charge in [-0.2, -0.15) is 0 Å². The van der Waals surface area contributed by atoms with Crippen LogP contribution in [0.1, 0.15) is 16.1 Å². The second kappa shape index (κ2) is 7.75. The molecule has 0 atom stereocenters. The van der Waals surface area contributed by atoms with E-state index in [0.717, 1.165) is 16.1 Å². The van der Waals surface area contributed by atoms with Crippen molar-refractivity contribution in [2.45, 2.75) is 6.42 Å². The fourth-order valence-corrected chi connectivity index (χ4v) is 3.44. The summed E-state index contributed by atoms with van der Waals surface area (Å²) in [4.78, 5) is 20.5. The molecule has 3 aromatic rings. The summed E-state index contributed by atoms with van der Waals surface area (Å²) in [5.74, 6) is -0.198. The summed E-state index contributed by atoms with van der Waals surface area (Å²) < 4.78 is 0. The average molecular weight is 378 g/mol. The molecule has 4 nitrogen and oxygen atoms in total. The fraction of sp³-hybridized carbons (Fsp3) is 0.118. The molecule has 0 bridgehead atoms. The molecular formula is C17H13Cl2N3OS. The Hall–Kier alpha value is -1.95. The monoisotopic (exact) mass is 377 g/mol. The zero-order valence-electron chi connectivity index (χ0n) is 12.5. The zero-order chi connectivity index (χ0) is 16.9. The molecule has 0 saturated heterocycles. The molecule has 1 aromatic carbocycles. The second-order valence-corrected chi connectivity index (χ2v) is 6.72. The van der Waals surface area contributed by atoms with Crippen molar-refractivity contribution >= 4 is 40.4 Å². The highest BCUT2D eigenvalue weighted by molar-refractivity contribution is 7.13. The maximum absolute atomic E-state index is 12.2. The van der Waals surface area contributed by atoms with Gasteiger partial charge < -0.3 is 5.32 Å². The minimum absolute atomic E-state index is 0.198. The van der Waals surface area contributed by atoms with Crippen molar-refractivity contribution in [1.29, 1.82) is 0 Å². The standard InChI is InChI=1S/C17H13Cl2N3OS/c18-13-2-1-11(14(19)9-13)5-8-21-16(23)15-10-24-17(22-15)12-3-6-20-7-4-12/h1-4,6-7,9-10H,5,8H2,(H,21,23). The van der Waals surface area contributed by atoms with Crippen LogP contribution in [0.5, 0.6) is 0 Å². The van der Waals surface area contributed by atoms with Crippen molar-refractivity contribution in [1.82, 2.24) is 15.3 Å². The third-order valence-corrected chi connectivity index (χ3v) is 4.84. The van der Waals surface area contributed by atoms with Gasteiger partial charge in [0, 0.05) is 39.9 Å². The second-order valence-electron chi connectivity index (χ2n) is 5.02. The molecule has 3 rings (SSSR count). The molecule has 1 amide bonds. The van der Waals surface area contributed by atoms with Crippen LogP contribution in [0.4, 0.5) is 0 Å². The molecule has 7 heteroatoms. The molecule has 0 aliphatic heterocycles. The predicted molar refractivity (Wildman–Crippen MR) is 97.8 cm³/mol. The lowest BCUT2D eigenvalue weighted by Gasteiger charge is -2.06. The number of halogens is 2. The number of hydrogen-bond donors (Lipinski definition) is 1. The maximum Gasteiger partial charge on any atom is 0.270 e. The van der Waals surface area contributed by atoms with Crippen LogP contribution in [0.2, 0.25) is 10.0 Å². The van der Waals surface area contributed by atoms with Gasteiger partial charge in [0.05, 0.1) is 0 Å². The van der Waals surface area contributed by atoms with Gasteiger partial charge in [-0.1, -0.05) is 29.3 Å². The largest absolute Gasteiger partial charge is 0.350 e. The van der Waals surface area contributed by atoms with Crippen LogP contribution in [0.15, 0.2) is 48.1 Å². The minimum atomic E-state index is -0.198. The number of carbonyl (C=O) groups excluding carboxylic acids is 1. The molecule has 24 heavy (non-hydrogen) atoms. The van der Waals surface area contributed by atoms with Crippen molar-refractivity contribution in [2.75, 3.05) is 6.54 Å². The number of benzene rings is 1. The van der Waals surface area contributed by atoms with Crippen molar-refractivity contribution in [2.24, 2.45) is 0 Å². The minimum Gasteiger partial charge on any atom is -0.350 e. The van der Waals surface area contributed by atoms with Crippen molar-refractivity contribution in [3.8, 4) is 10.6 Å². The molecule has 0 aliphatic carbocycles. The zero-order valence-corrected chi connectivity index (χ0v) is 14.8. The molecule has 2 aromatic heterocycles. The van der Waals surface area contributed by atoms with E-state index in [-0.39, 0.29) is 5.91 Å². The number of hydrogen-bond acceptors (Lipinski definition) is 4. The molecule has 0 unspecified atom stereocenters. The van der Waals surface area contributed by atoms with Crippen molar-refractivity contribution in [3.05, 3.63) is 69.4 Å². The maximum atomic E-state index is 12.2. The normalized spacial score (nSPS) is 10.6. The molecule has 0 saturated carbocycles. The first-order valence-electron chi connectivity index (χ1n) is 7.21. The molecule has 122 valence electrons. The number of pyridine rings is 1. The summed E-state index contributed by atoms with van der Waals surface area (Å²) in [5, 5.41) is 6.60. The quantitative estimate of drug-likeness (QED) is 0.712. The van der Waals surface area contributed by atoms with Gasteiger partial charge in [0.15, 0.2) is 0 Å². The van der Waals surface area contributed by atoms with E-state index in [0.29, 0.717) is 28.7 Å². The molecule has 1 N–H and O–H groups in total. The smallest absolute Gasteiger partial charge is 0.270 e. The van der Waals surface area contributed by atoms with Crippen LogP contribution in [0, 0.1) is 0 Å². The van der Waals surface area contributed by atoms with Crippen LogP contribution in [-0.4, -0.2) is 22.4 Å². The highest BCUT2D eigenvalue weighted by Crippen LogP contribution is 2.23. The first-order valence-corrected chi connectivity index (χ1v) is 8.85. The van der Waals surface area contributed by atoms with E-state index in [2.05, 4.69) is 15.3 Å². The van der Waals surface area contributed by atoms with Gasteiger partial charge in [-0.05, 0) is 36.2 Å². The van der Waals surface area contributed by atoms with Crippen LogP contribution >= 0.6 is 34.5 Å². The van der Waals surface area contributed by atoms with E-state index in [9.17, 15) is 4.79 Å². The van der Waals surface area contributed by atoms with E-state index < -0.39 is 0 Å². The SMILES string of the molecule is O=C(NCCc1ccc(Cl)cc1Cl)c1csc(-c2ccncc2)n1. The molecule has 0 radical (unpaired) electrons. The summed E-state index contributed by atoms with van der Waals surface area (Å²) in [6.07, 6.45) is 4.03. The Morgan fingerprint density at radius 2 is 1.96 bits per heavy atom. The molecule has 0 aliphatic rings. The van der Waals surface area contributed by atoms with Crippen LogP contribution in [-0.2, 0) is 6.42 Å². The molecule has 0 fully saturated rings. The number of nitrogens with one attached hydrogen (secondary N) is 1. The van der Waals surface area contributed by atoms with Gasteiger partial charge in [-0.3, -0.25) is 9.78 Å². The lowest BCUT2D eigenvalue weighted by molar-refractivity contribution is 0.0950. The van der Waals surface area contributed by atoms with E-state index in [1.165, 1.54) is 11.3 Å². The Bertz CT molecular complexity index is 852. The summed E-state index contributed by atoms with van der Waals surface area (Å²) in [7, 11) is 0. The Balaban J connectivity index is 1.59. The predicted octanol–water partition coefficient (Wildman–Crippen LogP) is 4.48. The lowest BCUT2D eigenvalue weighted by Crippen LogP contribution is -2.26. The van der Waals surface area contributed by atoms with Gasteiger partial charge in [0.1, 0.15) is 10.7 Å². The van der Waals surface area contributed by atoms with Gasteiger partial charge in [-0.15, -0.1) is 11.3 Å². The van der Waals surface area contributed by atoms with Gasteiger partial charge in [0.2, 0.25) is 0 Å². The molecule has 0 spiro atoms.